The lowest BCUT2D eigenvalue weighted by atomic mass is 10.2. The zero-order valence-corrected chi connectivity index (χ0v) is 10.7. The van der Waals surface area contributed by atoms with Crippen LogP contribution in [0, 0.1) is 0 Å². The van der Waals surface area contributed by atoms with Gasteiger partial charge < -0.3 is 11.1 Å². The van der Waals surface area contributed by atoms with E-state index in [0.29, 0.717) is 0 Å². The Kier molecular flexibility index (Phi) is 3.39. The molecule has 0 spiro atoms. The number of fused-ring (bicyclic) bond motifs is 1. The minimum Gasteiger partial charge on any atom is -0.398 e. The normalized spacial score (nSPS) is 20.6. The van der Waals surface area contributed by atoms with Gasteiger partial charge in [-0.2, -0.15) is 13.2 Å². The fraction of sp³-hybridized carbons (Fsp3) is 0.222. The van der Waals surface area contributed by atoms with Crippen LogP contribution >= 0.6 is 0 Å². The summed E-state index contributed by atoms with van der Waals surface area (Å²) in [4.78, 5) is 10.6. The summed E-state index contributed by atoms with van der Waals surface area (Å²) in [6.07, 6.45) is 0. The van der Waals surface area contributed by atoms with Gasteiger partial charge in [-0.15, -0.1) is 0 Å². The number of carbonyl (C=O) groups is 1. The summed E-state index contributed by atoms with van der Waals surface area (Å²) in [6.45, 7) is 0. The summed E-state index contributed by atoms with van der Waals surface area (Å²) in [6, 6.07) is 1.74. The molecular formula is C9H7F3N2O3S2. The minimum absolute atomic E-state index is 0.0579. The molecule has 2 rings (SSSR count). The van der Waals surface area contributed by atoms with Crippen molar-refractivity contribution in [3.05, 3.63) is 12.1 Å². The van der Waals surface area contributed by atoms with Crippen LogP contribution in [-0.2, 0) is 26.4 Å². The number of amides is 1. The van der Waals surface area contributed by atoms with E-state index < -0.39 is 37.9 Å². The first-order chi connectivity index (χ1) is 8.70. The first-order valence-corrected chi connectivity index (χ1v) is 7.27. The third-order valence-corrected chi connectivity index (χ3v) is 4.80. The quantitative estimate of drug-likeness (QED) is 0.756. The molecule has 3 N–H and O–H groups in total. The van der Waals surface area contributed by atoms with Gasteiger partial charge in [0.15, 0.2) is 10.8 Å². The molecule has 10 heteroatoms. The Morgan fingerprint density at radius 2 is 2.00 bits per heavy atom. The molecule has 1 heterocycles. The smallest absolute Gasteiger partial charge is 0.398 e. The van der Waals surface area contributed by atoms with Crippen molar-refractivity contribution in [2.75, 3.05) is 16.8 Å². The average Bonchev–Trinajstić information content (AvgIpc) is 2.24. The van der Waals surface area contributed by atoms with E-state index >= 15 is 0 Å². The van der Waals surface area contributed by atoms with Crippen LogP contribution in [0.2, 0.25) is 0 Å². The van der Waals surface area contributed by atoms with Gasteiger partial charge in [-0.25, -0.2) is 4.21 Å². The summed E-state index contributed by atoms with van der Waals surface area (Å²) < 4.78 is 60.0. The second-order valence-electron chi connectivity index (χ2n) is 3.64. The number of benzene rings is 1. The molecule has 19 heavy (non-hydrogen) atoms. The lowest BCUT2D eigenvalue weighted by Crippen LogP contribution is -2.27. The highest BCUT2D eigenvalue weighted by atomic mass is 32.2. The van der Waals surface area contributed by atoms with Crippen molar-refractivity contribution in [2.45, 2.75) is 15.3 Å². The molecule has 0 saturated carbocycles. The van der Waals surface area contributed by atoms with E-state index in [2.05, 4.69) is 5.32 Å². The van der Waals surface area contributed by atoms with Crippen LogP contribution in [0.3, 0.4) is 0 Å². The van der Waals surface area contributed by atoms with Crippen molar-refractivity contribution >= 4 is 38.9 Å². The molecule has 2 unspecified atom stereocenters. The molecule has 1 aromatic carbocycles. The van der Waals surface area contributed by atoms with Crippen molar-refractivity contribution in [2.24, 2.45) is 0 Å². The van der Waals surface area contributed by atoms with E-state index in [-0.39, 0.29) is 22.0 Å². The van der Waals surface area contributed by atoms with Crippen LogP contribution in [0.15, 0.2) is 21.9 Å². The number of nitrogen functional groups attached to an aromatic ring is 1. The molecule has 104 valence electrons. The summed E-state index contributed by atoms with van der Waals surface area (Å²) in [5, 5.41) is 2.26. The Morgan fingerprint density at radius 1 is 1.37 bits per heavy atom. The van der Waals surface area contributed by atoms with E-state index in [1.54, 1.807) is 0 Å². The Balaban J connectivity index is 2.56. The number of anilines is 2. The van der Waals surface area contributed by atoms with Crippen molar-refractivity contribution in [1.29, 1.82) is 0 Å². The SMILES string of the molecule is Nc1cc(S(=O)C(F)(F)F)cc2c1S(=O)CC(=O)N2. The highest BCUT2D eigenvalue weighted by Crippen LogP contribution is 2.35. The Labute approximate surface area is 110 Å². The van der Waals surface area contributed by atoms with Gasteiger partial charge in [0.05, 0.1) is 32.0 Å². The highest BCUT2D eigenvalue weighted by Gasteiger charge is 2.39. The second-order valence-corrected chi connectivity index (χ2v) is 6.50. The average molecular weight is 312 g/mol. The largest absolute Gasteiger partial charge is 0.475 e. The van der Waals surface area contributed by atoms with Crippen LogP contribution in [0.4, 0.5) is 24.5 Å². The van der Waals surface area contributed by atoms with E-state index in [9.17, 15) is 26.4 Å². The molecule has 0 bridgehead atoms. The summed E-state index contributed by atoms with van der Waals surface area (Å²) in [7, 11) is -4.98. The maximum absolute atomic E-state index is 12.4. The molecule has 0 aromatic heterocycles. The van der Waals surface area contributed by atoms with Gasteiger partial charge in [0, 0.05) is 0 Å². The van der Waals surface area contributed by atoms with E-state index in [1.807, 2.05) is 0 Å². The Hall–Kier alpha value is -1.42. The lowest BCUT2D eigenvalue weighted by Gasteiger charge is -2.19. The molecule has 0 saturated heterocycles. The monoisotopic (exact) mass is 312 g/mol. The van der Waals surface area contributed by atoms with Crippen LogP contribution in [0.5, 0.6) is 0 Å². The first-order valence-electron chi connectivity index (χ1n) is 4.80. The van der Waals surface area contributed by atoms with Crippen molar-refractivity contribution in [3.8, 4) is 0 Å². The van der Waals surface area contributed by atoms with Gasteiger partial charge in [0.25, 0.3) is 0 Å². The van der Waals surface area contributed by atoms with Crippen LogP contribution in [0.25, 0.3) is 0 Å². The third kappa shape index (κ3) is 2.63. The number of nitrogens with one attached hydrogen (secondary N) is 1. The van der Waals surface area contributed by atoms with E-state index in [4.69, 9.17) is 5.73 Å². The fourth-order valence-electron chi connectivity index (χ4n) is 1.59. The number of rotatable bonds is 1. The third-order valence-electron chi connectivity index (χ3n) is 2.28. The van der Waals surface area contributed by atoms with E-state index in [1.165, 1.54) is 0 Å². The molecule has 1 amide bonds. The zero-order chi connectivity index (χ0) is 14.4. The molecule has 0 radical (unpaired) electrons. The predicted octanol–water partition coefficient (Wildman–Crippen LogP) is 0.956. The Bertz CT molecular complexity index is 615. The predicted molar refractivity (Wildman–Crippen MR) is 63.2 cm³/mol. The topological polar surface area (TPSA) is 89.3 Å². The number of hydrogen-bond acceptors (Lipinski definition) is 4. The van der Waals surface area contributed by atoms with Gasteiger partial charge >= 0.3 is 5.51 Å². The molecule has 0 fully saturated rings. The van der Waals surface area contributed by atoms with Crippen molar-refractivity contribution in [3.63, 3.8) is 0 Å². The zero-order valence-electron chi connectivity index (χ0n) is 9.11. The van der Waals surface area contributed by atoms with Gasteiger partial charge in [0.2, 0.25) is 5.91 Å². The van der Waals surface area contributed by atoms with Crippen molar-refractivity contribution in [1.82, 2.24) is 0 Å². The number of nitrogens with two attached hydrogens (primary N) is 1. The molecule has 1 aromatic rings. The van der Waals surface area contributed by atoms with Gasteiger partial charge in [-0.05, 0) is 12.1 Å². The number of carbonyl (C=O) groups excluding carboxylic acids is 1. The lowest BCUT2D eigenvalue weighted by molar-refractivity contribution is -0.114. The standard InChI is InChI=1S/C9H7F3N2O3S2/c10-9(11,12)19(17)4-1-5(13)8-6(2-4)14-7(15)3-18(8)16/h1-2H,3,13H2,(H,14,15). The molecule has 1 aliphatic rings. The molecule has 0 aliphatic carbocycles. The minimum atomic E-state index is -4.93. The van der Waals surface area contributed by atoms with Gasteiger partial charge in [-0.1, -0.05) is 0 Å². The Morgan fingerprint density at radius 3 is 2.58 bits per heavy atom. The van der Waals surface area contributed by atoms with Gasteiger partial charge in [-0.3, -0.25) is 9.00 Å². The van der Waals surface area contributed by atoms with Crippen LogP contribution in [-0.4, -0.2) is 25.6 Å². The molecule has 5 nitrogen and oxygen atoms in total. The van der Waals surface area contributed by atoms with Crippen LogP contribution in [0.1, 0.15) is 0 Å². The second kappa shape index (κ2) is 4.60. The summed E-state index contributed by atoms with van der Waals surface area (Å²) in [5.74, 6) is -0.904. The van der Waals surface area contributed by atoms with Crippen LogP contribution < -0.4 is 11.1 Å². The maximum Gasteiger partial charge on any atom is 0.475 e. The number of hydrogen-bond donors (Lipinski definition) is 2. The molecular weight excluding hydrogens is 305 g/mol. The fourth-order valence-corrected chi connectivity index (χ4v) is 3.45. The number of alkyl halides is 3. The number of halogens is 3. The van der Waals surface area contributed by atoms with Crippen molar-refractivity contribution < 1.29 is 26.4 Å². The highest BCUT2D eigenvalue weighted by molar-refractivity contribution is 7.86. The molecule has 1 aliphatic heterocycles. The molecule has 2 atom stereocenters. The summed E-state index contributed by atoms with van der Waals surface area (Å²) >= 11 is 0. The summed E-state index contributed by atoms with van der Waals surface area (Å²) in [5.41, 5.74) is 0.294. The maximum atomic E-state index is 12.4. The van der Waals surface area contributed by atoms with Gasteiger partial charge in [0.1, 0.15) is 5.75 Å². The first kappa shape index (κ1) is 14.0. The van der Waals surface area contributed by atoms with E-state index in [0.717, 1.165) is 12.1 Å².